The Morgan fingerprint density at radius 1 is 1.39 bits per heavy atom. The first kappa shape index (κ1) is 15.2. The molecule has 4 rings (SSSR count). The molecular formula is C18H28N4O. The summed E-state index contributed by atoms with van der Waals surface area (Å²) in [5.41, 5.74) is 1.17. The molecule has 1 aromatic heterocycles. The third kappa shape index (κ3) is 2.80. The van der Waals surface area contributed by atoms with Crippen molar-refractivity contribution in [2.45, 2.75) is 44.6 Å². The van der Waals surface area contributed by atoms with Crippen molar-refractivity contribution in [3.05, 3.63) is 18.0 Å². The maximum absolute atomic E-state index is 12.8. The van der Waals surface area contributed by atoms with Gasteiger partial charge in [0.1, 0.15) is 0 Å². The van der Waals surface area contributed by atoms with Gasteiger partial charge in [0, 0.05) is 38.3 Å². The molecule has 5 heteroatoms. The number of hydrogen-bond acceptors (Lipinski definition) is 3. The molecule has 2 aliphatic carbocycles. The van der Waals surface area contributed by atoms with Crippen LogP contribution in [0.1, 0.15) is 44.1 Å². The molecule has 2 bridgehead atoms. The summed E-state index contributed by atoms with van der Waals surface area (Å²) in [5, 5.41) is 11.0. The van der Waals surface area contributed by atoms with Crippen molar-refractivity contribution in [3.8, 4) is 0 Å². The van der Waals surface area contributed by atoms with Gasteiger partial charge in [-0.2, -0.15) is 5.10 Å². The summed E-state index contributed by atoms with van der Waals surface area (Å²) in [6.07, 6.45) is 9.44. The zero-order chi connectivity index (χ0) is 16.0. The van der Waals surface area contributed by atoms with Gasteiger partial charge in [-0.1, -0.05) is 6.42 Å². The number of amides is 1. The number of rotatable bonds is 4. The van der Waals surface area contributed by atoms with E-state index in [4.69, 9.17) is 0 Å². The predicted molar refractivity (Wildman–Crippen MR) is 88.9 cm³/mol. The first-order valence-electron chi connectivity index (χ1n) is 9.11. The Morgan fingerprint density at radius 2 is 2.26 bits per heavy atom. The third-order valence-corrected chi connectivity index (χ3v) is 6.51. The van der Waals surface area contributed by atoms with Gasteiger partial charge in [-0.3, -0.25) is 9.48 Å². The zero-order valence-electron chi connectivity index (χ0n) is 14.2. The minimum atomic E-state index is 0.0280. The highest BCUT2D eigenvalue weighted by molar-refractivity contribution is 5.80. The molecule has 2 heterocycles. The Morgan fingerprint density at radius 3 is 2.91 bits per heavy atom. The second-order valence-electron chi connectivity index (χ2n) is 7.95. The quantitative estimate of drug-likeness (QED) is 0.888. The molecule has 4 unspecified atom stereocenters. The van der Waals surface area contributed by atoms with Crippen LogP contribution in [0.3, 0.4) is 0 Å². The normalized spacial score (nSPS) is 37.2. The lowest BCUT2D eigenvalue weighted by atomic mass is 9.83. The van der Waals surface area contributed by atoms with E-state index in [1.54, 1.807) is 0 Å². The summed E-state index contributed by atoms with van der Waals surface area (Å²) in [6.45, 7) is 3.85. The van der Waals surface area contributed by atoms with Gasteiger partial charge >= 0.3 is 0 Å². The fraction of sp³-hybridized carbons (Fsp3) is 0.778. The third-order valence-electron chi connectivity index (χ3n) is 6.51. The largest absolute Gasteiger partial charge is 0.353 e. The second kappa shape index (κ2) is 5.93. The standard InChI is InChI=1S/C18H28N4O/c1-11(15-6-12-3-4-13(15)5-12)21-18(23)17-9-19-8-16(17)14-7-20-22(2)10-14/h7,10-13,15-17,19H,3-6,8-9H2,1-2H3,(H,21,23)/t11?,12?,13?,15?,16-,17+/m1/s1. The van der Waals surface area contributed by atoms with Crippen LogP contribution < -0.4 is 10.6 Å². The number of nitrogens with one attached hydrogen (secondary N) is 2. The lowest BCUT2D eigenvalue weighted by Crippen LogP contribution is -2.44. The molecule has 126 valence electrons. The van der Waals surface area contributed by atoms with E-state index in [1.165, 1.54) is 31.2 Å². The van der Waals surface area contributed by atoms with Gasteiger partial charge in [0.25, 0.3) is 0 Å². The van der Waals surface area contributed by atoms with E-state index in [9.17, 15) is 4.79 Å². The maximum atomic E-state index is 12.8. The molecule has 1 amide bonds. The average Bonchev–Trinajstić information content (AvgIpc) is 3.30. The van der Waals surface area contributed by atoms with Crippen molar-refractivity contribution in [2.75, 3.05) is 13.1 Å². The van der Waals surface area contributed by atoms with E-state index in [2.05, 4.69) is 22.7 Å². The van der Waals surface area contributed by atoms with Gasteiger partial charge < -0.3 is 10.6 Å². The summed E-state index contributed by atoms with van der Waals surface area (Å²) in [6, 6.07) is 0.313. The van der Waals surface area contributed by atoms with Crippen molar-refractivity contribution in [3.63, 3.8) is 0 Å². The zero-order valence-corrected chi connectivity index (χ0v) is 14.2. The molecule has 0 aromatic carbocycles. The van der Waals surface area contributed by atoms with Crippen LogP contribution in [0.5, 0.6) is 0 Å². The fourth-order valence-electron chi connectivity index (χ4n) is 5.28. The van der Waals surface area contributed by atoms with Crippen LogP contribution in [-0.2, 0) is 11.8 Å². The van der Waals surface area contributed by atoms with Crippen molar-refractivity contribution in [1.29, 1.82) is 0 Å². The number of aromatic nitrogens is 2. The molecule has 1 aromatic rings. The maximum Gasteiger partial charge on any atom is 0.225 e. The fourth-order valence-corrected chi connectivity index (χ4v) is 5.28. The Kier molecular flexibility index (Phi) is 3.92. The SMILES string of the molecule is CC(NC(=O)[C@H]1CNC[C@@H]1c1cnn(C)c1)C1CC2CCC1C2. The van der Waals surface area contributed by atoms with E-state index in [0.717, 1.165) is 24.9 Å². The highest BCUT2D eigenvalue weighted by Gasteiger charge is 2.43. The minimum Gasteiger partial charge on any atom is -0.353 e. The van der Waals surface area contributed by atoms with Crippen molar-refractivity contribution in [1.82, 2.24) is 20.4 Å². The molecule has 1 aliphatic heterocycles. The van der Waals surface area contributed by atoms with Crippen molar-refractivity contribution in [2.24, 2.45) is 30.7 Å². The Labute approximate surface area is 138 Å². The number of carbonyl (C=O) groups excluding carboxylic acids is 1. The molecule has 23 heavy (non-hydrogen) atoms. The van der Waals surface area contributed by atoms with E-state index in [1.807, 2.05) is 24.1 Å². The van der Waals surface area contributed by atoms with Crippen LogP contribution in [0.25, 0.3) is 0 Å². The lowest BCUT2D eigenvalue weighted by molar-refractivity contribution is -0.125. The lowest BCUT2D eigenvalue weighted by Gasteiger charge is -2.30. The topological polar surface area (TPSA) is 59.0 Å². The van der Waals surface area contributed by atoms with Gasteiger partial charge in [0.2, 0.25) is 5.91 Å². The van der Waals surface area contributed by atoms with E-state index >= 15 is 0 Å². The van der Waals surface area contributed by atoms with Crippen molar-refractivity contribution >= 4 is 5.91 Å². The van der Waals surface area contributed by atoms with E-state index in [0.29, 0.717) is 12.0 Å². The summed E-state index contributed by atoms with van der Waals surface area (Å²) < 4.78 is 1.82. The smallest absolute Gasteiger partial charge is 0.225 e. The molecule has 2 saturated carbocycles. The van der Waals surface area contributed by atoms with Crippen LogP contribution >= 0.6 is 0 Å². The van der Waals surface area contributed by atoms with Crippen LogP contribution in [0.15, 0.2) is 12.4 Å². The predicted octanol–water partition coefficient (Wildman–Crippen LogP) is 1.66. The number of nitrogens with zero attached hydrogens (tertiary/aromatic N) is 2. The van der Waals surface area contributed by atoms with Crippen LogP contribution in [0.4, 0.5) is 0 Å². The summed E-state index contributed by atoms with van der Waals surface area (Å²) in [4.78, 5) is 12.8. The molecular weight excluding hydrogens is 288 g/mol. The number of aryl methyl sites for hydroxylation is 1. The molecule has 5 nitrogen and oxygen atoms in total. The molecule has 0 spiro atoms. The summed E-state index contributed by atoms with van der Waals surface area (Å²) in [7, 11) is 1.93. The van der Waals surface area contributed by atoms with E-state index in [-0.39, 0.29) is 17.7 Å². The molecule has 3 fully saturated rings. The second-order valence-corrected chi connectivity index (χ2v) is 7.95. The van der Waals surface area contributed by atoms with Gasteiger partial charge in [-0.15, -0.1) is 0 Å². The van der Waals surface area contributed by atoms with Gasteiger partial charge in [0.15, 0.2) is 0 Å². The van der Waals surface area contributed by atoms with E-state index < -0.39 is 0 Å². The number of fused-ring (bicyclic) bond motifs is 2. The highest BCUT2D eigenvalue weighted by Crippen LogP contribution is 2.49. The van der Waals surface area contributed by atoms with Crippen LogP contribution in [-0.4, -0.2) is 34.8 Å². The Hall–Kier alpha value is -1.36. The molecule has 1 saturated heterocycles. The molecule has 0 radical (unpaired) electrons. The summed E-state index contributed by atoms with van der Waals surface area (Å²) in [5.74, 6) is 2.98. The average molecular weight is 316 g/mol. The summed E-state index contributed by atoms with van der Waals surface area (Å²) >= 11 is 0. The first-order valence-corrected chi connectivity index (χ1v) is 9.11. The first-order chi connectivity index (χ1) is 11.1. The van der Waals surface area contributed by atoms with Gasteiger partial charge in [0.05, 0.1) is 12.1 Å². The van der Waals surface area contributed by atoms with Gasteiger partial charge in [-0.25, -0.2) is 0 Å². The van der Waals surface area contributed by atoms with Crippen LogP contribution in [0, 0.1) is 23.7 Å². The number of hydrogen-bond donors (Lipinski definition) is 2. The minimum absolute atomic E-state index is 0.0280. The van der Waals surface area contributed by atoms with Crippen LogP contribution in [0.2, 0.25) is 0 Å². The molecule has 2 N–H and O–H groups in total. The van der Waals surface area contributed by atoms with Gasteiger partial charge in [-0.05, 0) is 49.5 Å². The number of carbonyl (C=O) groups is 1. The Balaban J connectivity index is 1.40. The van der Waals surface area contributed by atoms with Crippen molar-refractivity contribution < 1.29 is 4.79 Å². The highest BCUT2D eigenvalue weighted by atomic mass is 16.2. The Bertz CT molecular complexity index is 583. The molecule has 3 aliphatic rings. The monoisotopic (exact) mass is 316 g/mol. The molecule has 6 atom stereocenters.